The fourth-order valence-corrected chi connectivity index (χ4v) is 2.66. The van der Waals surface area contributed by atoms with E-state index in [1.807, 2.05) is 6.92 Å². The molecule has 8 nitrogen and oxygen atoms in total. The Hall–Kier alpha value is -2.42. The first-order chi connectivity index (χ1) is 11.5. The average Bonchev–Trinajstić information content (AvgIpc) is 3.02. The van der Waals surface area contributed by atoms with Crippen molar-refractivity contribution in [3.63, 3.8) is 0 Å². The van der Waals surface area contributed by atoms with Crippen LogP contribution in [-0.2, 0) is 4.79 Å². The van der Waals surface area contributed by atoms with Crippen molar-refractivity contribution in [3.05, 3.63) is 34.4 Å². The molecular weight excluding hydrogens is 332 g/mol. The molecule has 24 heavy (non-hydrogen) atoms. The van der Waals surface area contributed by atoms with Crippen LogP contribution in [0.5, 0.6) is 0 Å². The van der Waals surface area contributed by atoms with Gasteiger partial charge in [0.15, 0.2) is 0 Å². The fraction of sp³-hybridized carbons (Fsp3) is 0.400. The molecule has 1 aromatic carbocycles. The van der Waals surface area contributed by atoms with Crippen LogP contribution < -0.4 is 5.32 Å². The lowest BCUT2D eigenvalue weighted by molar-refractivity contribution is -0.384. The van der Waals surface area contributed by atoms with E-state index in [-0.39, 0.29) is 34.5 Å². The Labute approximate surface area is 143 Å². The molecular formula is C15H18N4O4S. The summed E-state index contributed by atoms with van der Waals surface area (Å²) in [6, 6.07) is 6.07. The van der Waals surface area contributed by atoms with E-state index in [0.717, 1.165) is 24.6 Å². The van der Waals surface area contributed by atoms with Gasteiger partial charge in [-0.3, -0.25) is 14.9 Å². The Morgan fingerprint density at radius 3 is 2.96 bits per heavy atom. The second-order valence-corrected chi connectivity index (χ2v) is 6.15. The Bertz CT molecular complexity index is 719. The highest BCUT2D eigenvalue weighted by Gasteiger charge is 2.14. The van der Waals surface area contributed by atoms with Gasteiger partial charge >= 0.3 is 0 Å². The van der Waals surface area contributed by atoms with Crippen LogP contribution >= 0.6 is 11.8 Å². The summed E-state index contributed by atoms with van der Waals surface area (Å²) in [5.74, 6) is 0.252. The zero-order valence-electron chi connectivity index (χ0n) is 13.4. The van der Waals surface area contributed by atoms with Crippen LogP contribution in [0.25, 0.3) is 11.5 Å². The second kappa shape index (κ2) is 8.44. The normalized spacial score (nSPS) is 11.9. The molecule has 0 aliphatic carbocycles. The van der Waals surface area contributed by atoms with Crippen LogP contribution in [0.4, 0.5) is 5.69 Å². The van der Waals surface area contributed by atoms with Gasteiger partial charge in [-0.05, 0) is 19.4 Å². The summed E-state index contributed by atoms with van der Waals surface area (Å²) in [5.41, 5.74) is 0.411. The first-order valence-corrected chi connectivity index (χ1v) is 8.48. The Morgan fingerprint density at radius 1 is 1.46 bits per heavy atom. The van der Waals surface area contributed by atoms with Crippen molar-refractivity contribution in [2.45, 2.75) is 38.0 Å². The molecule has 0 fully saturated rings. The van der Waals surface area contributed by atoms with Crippen LogP contribution in [0.3, 0.4) is 0 Å². The van der Waals surface area contributed by atoms with Crippen molar-refractivity contribution in [3.8, 4) is 11.5 Å². The number of nitro benzene ring substituents is 1. The summed E-state index contributed by atoms with van der Waals surface area (Å²) >= 11 is 1.13. The molecule has 2 aromatic rings. The summed E-state index contributed by atoms with van der Waals surface area (Å²) in [6.45, 7) is 4.02. The first kappa shape index (κ1) is 17.9. The van der Waals surface area contributed by atoms with Gasteiger partial charge in [-0.25, -0.2) is 0 Å². The number of nitrogens with one attached hydrogen (secondary N) is 1. The van der Waals surface area contributed by atoms with Crippen molar-refractivity contribution >= 4 is 23.4 Å². The quantitative estimate of drug-likeness (QED) is 0.442. The highest BCUT2D eigenvalue weighted by Crippen LogP contribution is 2.25. The number of nitro groups is 1. The number of carbonyl (C=O) groups excluding carboxylic acids is 1. The molecule has 0 spiro atoms. The number of non-ortho nitro benzene ring substituents is 1. The van der Waals surface area contributed by atoms with Crippen molar-refractivity contribution in [2.75, 3.05) is 5.75 Å². The van der Waals surface area contributed by atoms with E-state index >= 15 is 0 Å². The van der Waals surface area contributed by atoms with Gasteiger partial charge in [-0.1, -0.05) is 31.2 Å². The Balaban J connectivity index is 1.95. The van der Waals surface area contributed by atoms with Gasteiger partial charge < -0.3 is 9.73 Å². The summed E-state index contributed by atoms with van der Waals surface area (Å²) < 4.78 is 5.45. The number of rotatable bonds is 8. The molecule has 0 bridgehead atoms. The summed E-state index contributed by atoms with van der Waals surface area (Å²) in [6.07, 6.45) is 1.93. The minimum absolute atomic E-state index is 0.0517. The lowest BCUT2D eigenvalue weighted by atomic mass is 10.2. The molecule has 0 unspecified atom stereocenters. The van der Waals surface area contributed by atoms with Gasteiger partial charge in [-0.2, -0.15) is 0 Å². The van der Waals surface area contributed by atoms with Crippen LogP contribution in [0.1, 0.15) is 26.7 Å². The summed E-state index contributed by atoms with van der Waals surface area (Å²) in [7, 11) is 0. The molecule has 1 aromatic heterocycles. The van der Waals surface area contributed by atoms with E-state index in [1.165, 1.54) is 12.1 Å². The average molecular weight is 350 g/mol. The number of aromatic nitrogens is 2. The number of amides is 1. The van der Waals surface area contributed by atoms with E-state index in [0.29, 0.717) is 5.56 Å². The van der Waals surface area contributed by atoms with Gasteiger partial charge in [0.2, 0.25) is 11.8 Å². The Morgan fingerprint density at radius 2 is 2.25 bits per heavy atom. The van der Waals surface area contributed by atoms with Gasteiger partial charge in [0.05, 0.1) is 10.7 Å². The summed E-state index contributed by atoms with van der Waals surface area (Å²) in [5, 5.41) is 21.6. The zero-order valence-corrected chi connectivity index (χ0v) is 14.2. The van der Waals surface area contributed by atoms with Gasteiger partial charge in [-0.15, -0.1) is 10.2 Å². The monoisotopic (exact) mass is 350 g/mol. The second-order valence-electron chi connectivity index (χ2n) is 5.23. The zero-order chi connectivity index (χ0) is 17.5. The predicted molar refractivity (Wildman–Crippen MR) is 89.6 cm³/mol. The van der Waals surface area contributed by atoms with Crippen LogP contribution in [-0.4, -0.2) is 32.8 Å². The molecule has 0 radical (unpaired) electrons. The molecule has 9 heteroatoms. The van der Waals surface area contributed by atoms with E-state index in [1.54, 1.807) is 12.1 Å². The van der Waals surface area contributed by atoms with Crippen molar-refractivity contribution in [1.82, 2.24) is 15.5 Å². The smallest absolute Gasteiger partial charge is 0.277 e. The maximum Gasteiger partial charge on any atom is 0.277 e. The van der Waals surface area contributed by atoms with Crippen LogP contribution in [0.2, 0.25) is 0 Å². The highest BCUT2D eigenvalue weighted by atomic mass is 32.2. The molecule has 1 heterocycles. The van der Waals surface area contributed by atoms with Crippen LogP contribution in [0, 0.1) is 10.1 Å². The van der Waals surface area contributed by atoms with Crippen molar-refractivity contribution in [2.24, 2.45) is 0 Å². The number of benzene rings is 1. The molecule has 0 saturated carbocycles. The van der Waals surface area contributed by atoms with E-state index in [9.17, 15) is 14.9 Å². The lowest BCUT2D eigenvalue weighted by Gasteiger charge is -2.11. The molecule has 0 saturated heterocycles. The number of hydrogen-bond acceptors (Lipinski definition) is 7. The summed E-state index contributed by atoms with van der Waals surface area (Å²) in [4.78, 5) is 22.1. The van der Waals surface area contributed by atoms with Crippen molar-refractivity contribution in [1.29, 1.82) is 0 Å². The molecule has 0 aliphatic rings. The SMILES string of the molecule is CCC[C@@H](C)NC(=O)CSc1nnc(-c2cccc([N+](=O)[O-])c2)o1. The molecule has 128 valence electrons. The van der Waals surface area contributed by atoms with E-state index in [2.05, 4.69) is 22.4 Å². The van der Waals surface area contributed by atoms with Gasteiger partial charge in [0.1, 0.15) is 0 Å². The number of thioether (sulfide) groups is 1. The van der Waals surface area contributed by atoms with Gasteiger partial charge in [0, 0.05) is 23.7 Å². The van der Waals surface area contributed by atoms with Crippen LogP contribution in [0.15, 0.2) is 33.9 Å². The molecule has 0 aliphatic heterocycles. The van der Waals surface area contributed by atoms with E-state index < -0.39 is 4.92 Å². The van der Waals surface area contributed by atoms with Gasteiger partial charge in [0.25, 0.3) is 10.9 Å². The standard InChI is InChI=1S/C15H18N4O4S/c1-3-5-10(2)16-13(20)9-24-15-18-17-14(23-15)11-6-4-7-12(8-11)19(21)22/h4,6-8,10H,3,5,9H2,1-2H3,(H,16,20)/t10-/m1/s1. The first-order valence-electron chi connectivity index (χ1n) is 7.50. The molecule has 1 amide bonds. The minimum atomic E-state index is -0.489. The number of hydrogen-bond donors (Lipinski definition) is 1. The number of nitrogens with zero attached hydrogens (tertiary/aromatic N) is 3. The highest BCUT2D eigenvalue weighted by molar-refractivity contribution is 7.99. The largest absolute Gasteiger partial charge is 0.411 e. The predicted octanol–water partition coefficient (Wildman–Crippen LogP) is 3.04. The molecule has 1 atom stereocenters. The fourth-order valence-electron chi connectivity index (χ4n) is 2.09. The topological polar surface area (TPSA) is 111 Å². The molecule has 2 rings (SSSR count). The maximum atomic E-state index is 11.8. The third-order valence-electron chi connectivity index (χ3n) is 3.17. The number of carbonyl (C=O) groups is 1. The third kappa shape index (κ3) is 5.05. The van der Waals surface area contributed by atoms with Crippen molar-refractivity contribution < 1.29 is 14.1 Å². The molecule has 1 N–H and O–H groups in total. The third-order valence-corrected chi connectivity index (χ3v) is 3.98. The van der Waals surface area contributed by atoms with E-state index in [4.69, 9.17) is 4.42 Å². The Kier molecular flexibility index (Phi) is 6.30. The minimum Gasteiger partial charge on any atom is -0.411 e. The maximum absolute atomic E-state index is 11.8. The lowest BCUT2D eigenvalue weighted by Crippen LogP contribution is -2.33.